The molecule has 0 aliphatic rings. The lowest BCUT2D eigenvalue weighted by atomic mass is 10.1. The summed E-state index contributed by atoms with van der Waals surface area (Å²) in [6, 6.07) is 1.50. The topological polar surface area (TPSA) is 99.1 Å². The van der Waals surface area contributed by atoms with E-state index in [4.69, 9.17) is 5.41 Å². The third-order valence-electron chi connectivity index (χ3n) is 3.89. The van der Waals surface area contributed by atoms with Crippen LogP contribution in [0.25, 0.3) is 0 Å². The Balaban J connectivity index is 2.77. The molecule has 8 nitrogen and oxygen atoms in total. The van der Waals surface area contributed by atoms with Crippen molar-refractivity contribution in [3.63, 3.8) is 0 Å². The van der Waals surface area contributed by atoms with E-state index >= 15 is 0 Å². The first kappa shape index (κ1) is 25.4. The molecule has 0 aliphatic carbocycles. The largest absolute Gasteiger partial charge is 0.306 e. The second kappa shape index (κ2) is 14.3. The summed E-state index contributed by atoms with van der Waals surface area (Å²) in [4.78, 5) is 12.2. The van der Waals surface area contributed by atoms with Crippen molar-refractivity contribution in [1.82, 2.24) is 14.8 Å². The summed E-state index contributed by atoms with van der Waals surface area (Å²) in [5.41, 5.74) is 1.55. The van der Waals surface area contributed by atoms with Gasteiger partial charge in [-0.1, -0.05) is 37.8 Å². The molecule has 0 fully saturated rings. The first-order chi connectivity index (χ1) is 14.9. The third-order valence-corrected chi connectivity index (χ3v) is 3.89. The molecule has 1 N–H and O–H groups in total. The maximum atomic E-state index is 12.2. The minimum absolute atomic E-state index is 0.0311. The van der Waals surface area contributed by atoms with Crippen LogP contribution in [0.1, 0.15) is 32.0 Å². The highest BCUT2D eigenvalue weighted by Gasteiger charge is 2.09. The number of nitrogens with zero attached hydrogens (tertiary/aromatic N) is 6. The first-order valence-corrected chi connectivity index (χ1v) is 9.96. The molecule has 0 aliphatic heterocycles. The molecule has 8 heteroatoms. The maximum Gasteiger partial charge on any atom is 0.203 e. The normalized spacial score (nSPS) is 13.9. The van der Waals surface area contributed by atoms with Gasteiger partial charge in [-0.05, 0) is 31.1 Å². The van der Waals surface area contributed by atoms with Gasteiger partial charge in [0.15, 0.2) is 0 Å². The Morgan fingerprint density at radius 1 is 1.32 bits per heavy atom. The average molecular weight is 422 g/mol. The molecular weight excluding hydrogens is 390 g/mol. The highest BCUT2D eigenvalue weighted by Crippen LogP contribution is 2.08. The Kier molecular flexibility index (Phi) is 11.7. The molecule has 1 heterocycles. The van der Waals surface area contributed by atoms with E-state index in [2.05, 4.69) is 27.0 Å². The molecule has 31 heavy (non-hydrogen) atoms. The van der Waals surface area contributed by atoms with Gasteiger partial charge in [-0.15, -0.1) is 5.10 Å². The average Bonchev–Trinajstić information content (AvgIpc) is 2.74. The number of aromatic nitrogens is 2. The summed E-state index contributed by atoms with van der Waals surface area (Å²) in [7, 11) is 3.71. The molecule has 1 rings (SSSR count). The van der Waals surface area contributed by atoms with E-state index in [0.717, 1.165) is 18.2 Å². The van der Waals surface area contributed by atoms with E-state index < -0.39 is 0 Å². The summed E-state index contributed by atoms with van der Waals surface area (Å²) in [6.45, 7) is 7.90. The minimum Gasteiger partial charge on any atom is -0.306 e. The van der Waals surface area contributed by atoms with Crippen molar-refractivity contribution in [3.05, 3.63) is 76.8 Å². The molecule has 0 bridgehead atoms. The lowest BCUT2D eigenvalue weighted by molar-refractivity contribution is 0.430. The fraction of sp³-hybridized carbons (Fsp3) is 0.304. The van der Waals surface area contributed by atoms with Crippen LogP contribution in [0, 0.1) is 5.41 Å². The summed E-state index contributed by atoms with van der Waals surface area (Å²) in [5, 5.41) is 25.4. The predicted octanol–water partition coefficient (Wildman–Crippen LogP) is 3.61. The van der Waals surface area contributed by atoms with E-state index in [1.165, 1.54) is 12.3 Å². The van der Waals surface area contributed by atoms with E-state index in [1.807, 2.05) is 46.3 Å². The molecule has 1 atom stereocenters. The third kappa shape index (κ3) is 10.1. The lowest BCUT2D eigenvalue weighted by Gasteiger charge is -2.15. The van der Waals surface area contributed by atoms with E-state index in [1.54, 1.807) is 40.2 Å². The van der Waals surface area contributed by atoms with Gasteiger partial charge in [0.2, 0.25) is 5.43 Å². The van der Waals surface area contributed by atoms with Crippen LogP contribution in [-0.4, -0.2) is 53.2 Å². The van der Waals surface area contributed by atoms with Crippen LogP contribution in [0.3, 0.4) is 0 Å². The van der Waals surface area contributed by atoms with Crippen molar-refractivity contribution < 1.29 is 0 Å². The fourth-order valence-corrected chi connectivity index (χ4v) is 2.34. The van der Waals surface area contributed by atoms with Crippen LogP contribution < -0.4 is 5.43 Å². The van der Waals surface area contributed by atoms with Crippen LogP contribution in [-0.2, 0) is 6.42 Å². The number of hydrogen-bond donors (Lipinski definition) is 1. The molecule has 0 amide bonds. The van der Waals surface area contributed by atoms with Crippen molar-refractivity contribution in [2.45, 2.75) is 32.7 Å². The van der Waals surface area contributed by atoms with E-state index in [0.29, 0.717) is 17.8 Å². The fourth-order valence-electron chi connectivity index (χ4n) is 2.34. The van der Waals surface area contributed by atoms with E-state index in [-0.39, 0.29) is 11.5 Å². The van der Waals surface area contributed by atoms with E-state index in [9.17, 15) is 4.79 Å². The zero-order chi connectivity index (χ0) is 23.1. The molecule has 0 radical (unpaired) electrons. The van der Waals surface area contributed by atoms with Crippen molar-refractivity contribution in [1.29, 1.82) is 5.41 Å². The minimum atomic E-state index is -0.117. The zero-order valence-electron chi connectivity index (χ0n) is 18.6. The van der Waals surface area contributed by atoms with Crippen molar-refractivity contribution in [3.8, 4) is 0 Å². The Morgan fingerprint density at radius 3 is 2.74 bits per heavy atom. The smallest absolute Gasteiger partial charge is 0.203 e. The predicted molar refractivity (Wildman–Crippen MR) is 131 cm³/mol. The number of hydrazone groups is 1. The standard InChI is InChI=1S/C23H31N7O/c1-6-11-20(17-24)27-25-14-10-8-9-12-19(3)16-22-23(31)13-15-30(28-22)21(7-2)18-26-29(4)5/h6,8-15,17-18,21,24H,3,7,16H2,1-2,4-5H3/b10-8+,11-6+,12-9-,24-17?,25-14+,26-18-,27-20-. The first-order valence-electron chi connectivity index (χ1n) is 9.96. The van der Waals surface area contributed by atoms with Gasteiger partial charge in [0.25, 0.3) is 0 Å². The highest BCUT2D eigenvalue weighted by atomic mass is 16.1. The van der Waals surface area contributed by atoms with Gasteiger partial charge in [0.1, 0.15) is 11.4 Å². The Bertz CT molecular complexity index is 962. The number of hydrogen-bond acceptors (Lipinski definition) is 7. The van der Waals surface area contributed by atoms with Crippen LogP contribution in [0.5, 0.6) is 0 Å². The summed E-state index contributed by atoms with van der Waals surface area (Å²) < 4.78 is 1.76. The van der Waals surface area contributed by atoms with Crippen LogP contribution in [0.2, 0.25) is 0 Å². The van der Waals surface area contributed by atoms with Crippen LogP contribution in [0.15, 0.2) is 81.0 Å². The van der Waals surface area contributed by atoms with Gasteiger partial charge in [-0.3, -0.25) is 9.48 Å². The SMILES string of the molecule is C=C(\C=C/C=C/C=N/N=C(C=N)/C=C/C)Cc1nn(C(/C=N\N(C)C)CC)ccc1=O. The van der Waals surface area contributed by atoms with Crippen LogP contribution >= 0.6 is 0 Å². The molecule has 1 aromatic rings. The van der Waals surface area contributed by atoms with Gasteiger partial charge in [-0.25, -0.2) is 0 Å². The Morgan fingerprint density at radius 2 is 2.10 bits per heavy atom. The molecule has 0 saturated carbocycles. The molecule has 0 aromatic carbocycles. The van der Waals surface area contributed by atoms with Gasteiger partial charge in [0.05, 0.1) is 6.04 Å². The number of rotatable bonds is 12. The molecule has 164 valence electrons. The number of nitrogens with one attached hydrogen (secondary N) is 1. The zero-order valence-corrected chi connectivity index (χ0v) is 18.6. The summed E-state index contributed by atoms with van der Waals surface area (Å²) in [6.07, 6.45) is 17.9. The summed E-state index contributed by atoms with van der Waals surface area (Å²) >= 11 is 0. The Labute approximate surface area is 183 Å². The van der Waals surface area contributed by atoms with Gasteiger partial charge >= 0.3 is 0 Å². The van der Waals surface area contributed by atoms with Crippen LogP contribution in [0.4, 0.5) is 0 Å². The molecular formula is C23H31N7O. The lowest BCUT2D eigenvalue weighted by Crippen LogP contribution is -2.21. The molecule has 0 saturated heterocycles. The van der Waals surface area contributed by atoms with Crippen molar-refractivity contribution in [2.24, 2.45) is 15.3 Å². The Hall–Kier alpha value is -3.68. The molecule has 1 unspecified atom stereocenters. The molecule has 1 aromatic heterocycles. The summed E-state index contributed by atoms with van der Waals surface area (Å²) in [5.74, 6) is 0. The van der Waals surface area contributed by atoms with Gasteiger partial charge in [-0.2, -0.15) is 15.3 Å². The maximum absolute atomic E-state index is 12.2. The monoisotopic (exact) mass is 421 g/mol. The quantitative estimate of drug-likeness (QED) is 0.317. The van der Waals surface area contributed by atoms with Crippen molar-refractivity contribution in [2.75, 3.05) is 14.1 Å². The molecule has 0 spiro atoms. The van der Waals surface area contributed by atoms with Gasteiger partial charge in [0, 0.05) is 51.4 Å². The second-order valence-corrected chi connectivity index (χ2v) is 6.71. The second-order valence-electron chi connectivity index (χ2n) is 6.71. The highest BCUT2D eigenvalue weighted by molar-refractivity contribution is 6.34. The van der Waals surface area contributed by atoms with Crippen molar-refractivity contribution >= 4 is 24.4 Å². The van der Waals surface area contributed by atoms with Gasteiger partial charge < -0.3 is 10.4 Å². The number of allylic oxidation sites excluding steroid dienone is 7.